The van der Waals surface area contributed by atoms with Crippen molar-refractivity contribution in [1.29, 1.82) is 0 Å². The monoisotopic (exact) mass is 263 g/mol. The number of aromatic nitrogens is 2. The molecule has 0 aliphatic rings. The molecule has 0 bridgehead atoms. The van der Waals surface area contributed by atoms with E-state index in [1.54, 1.807) is 23.5 Å². The third-order valence-electron chi connectivity index (χ3n) is 2.45. The van der Waals surface area contributed by atoms with Gasteiger partial charge < -0.3 is 10.0 Å². The van der Waals surface area contributed by atoms with E-state index in [9.17, 15) is 4.79 Å². The molecule has 0 radical (unpaired) electrons. The number of carbonyl (C=O) groups is 1. The second-order valence-corrected chi connectivity index (χ2v) is 4.99. The molecular formula is C12H13N3O2S. The molecule has 0 aliphatic carbocycles. The maximum atomic E-state index is 10.7. The molecule has 0 unspecified atom stereocenters. The summed E-state index contributed by atoms with van der Waals surface area (Å²) in [6, 6.07) is 3.25. The second-order valence-electron chi connectivity index (χ2n) is 3.92. The first kappa shape index (κ1) is 12.5. The molecule has 18 heavy (non-hydrogen) atoms. The highest BCUT2D eigenvalue weighted by molar-refractivity contribution is 7.09. The molecule has 2 aromatic heterocycles. The fourth-order valence-corrected chi connectivity index (χ4v) is 2.15. The molecule has 0 aromatic carbocycles. The van der Waals surface area contributed by atoms with Crippen molar-refractivity contribution in [2.24, 2.45) is 0 Å². The van der Waals surface area contributed by atoms with Crippen molar-refractivity contribution in [2.45, 2.75) is 13.5 Å². The van der Waals surface area contributed by atoms with Crippen LogP contribution in [0.15, 0.2) is 23.7 Å². The summed E-state index contributed by atoms with van der Waals surface area (Å²) in [4.78, 5) is 21.1. The number of hydrogen-bond acceptors (Lipinski definition) is 5. The summed E-state index contributed by atoms with van der Waals surface area (Å²) in [6.07, 6.45) is 1.36. The van der Waals surface area contributed by atoms with E-state index in [2.05, 4.69) is 9.97 Å². The van der Waals surface area contributed by atoms with Crippen LogP contribution in [0.25, 0.3) is 0 Å². The largest absolute Gasteiger partial charge is 0.478 e. The minimum Gasteiger partial charge on any atom is -0.478 e. The van der Waals surface area contributed by atoms with Crippen molar-refractivity contribution in [1.82, 2.24) is 9.97 Å². The fraction of sp³-hybridized carbons (Fsp3) is 0.250. The number of rotatable bonds is 4. The van der Waals surface area contributed by atoms with Gasteiger partial charge in [-0.2, -0.15) is 0 Å². The Balaban J connectivity index is 2.09. The van der Waals surface area contributed by atoms with Gasteiger partial charge in [0.05, 0.1) is 22.8 Å². The number of anilines is 1. The van der Waals surface area contributed by atoms with Gasteiger partial charge in [0.25, 0.3) is 0 Å². The van der Waals surface area contributed by atoms with Crippen molar-refractivity contribution in [3.05, 3.63) is 40.0 Å². The quantitative estimate of drug-likeness (QED) is 0.915. The number of aromatic carboxylic acids is 1. The minimum atomic E-state index is -0.966. The second kappa shape index (κ2) is 5.14. The van der Waals surface area contributed by atoms with Crippen LogP contribution in [0.4, 0.5) is 5.82 Å². The first-order valence-corrected chi connectivity index (χ1v) is 6.25. The SMILES string of the molecule is Cc1nc(CN(C)c2ccc(C(=O)O)cn2)cs1. The number of nitrogens with zero attached hydrogens (tertiary/aromatic N) is 3. The topological polar surface area (TPSA) is 66.3 Å². The third-order valence-corrected chi connectivity index (χ3v) is 3.27. The standard InChI is InChI=1S/C12H13N3O2S/c1-8-14-10(7-18-8)6-15(2)11-4-3-9(5-13-11)12(16)17/h3-5,7H,6H2,1-2H3,(H,16,17). The van der Waals surface area contributed by atoms with Crippen LogP contribution < -0.4 is 4.90 Å². The normalized spacial score (nSPS) is 10.3. The summed E-state index contributed by atoms with van der Waals surface area (Å²) in [5.41, 5.74) is 1.18. The molecule has 0 spiro atoms. The summed E-state index contributed by atoms with van der Waals surface area (Å²) < 4.78 is 0. The molecule has 2 heterocycles. The Morgan fingerprint density at radius 3 is 2.78 bits per heavy atom. The number of carboxylic acid groups (broad SMARTS) is 1. The van der Waals surface area contributed by atoms with Gasteiger partial charge in [-0.05, 0) is 19.1 Å². The van der Waals surface area contributed by atoms with Crippen LogP contribution >= 0.6 is 11.3 Å². The van der Waals surface area contributed by atoms with E-state index in [0.29, 0.717) is 6.54 Å². The van der Waals surface area contributed by atoms with E-state index in [4.69, 9.17) is 5.11 Å². The predicted molar refractivity (Wildman–Crippen MR) is 70.2 cm³/mol. The zero-order valence-electron chi connectivity index (χ0n) is 10.1. The highest BCUT2D eigenvalue weighted by Crippen LogP contribution is 2.15. The van der Waals surface area contributed by atoms with Gasteiger partial charge in [-0.1, -0.05) is 0 Å². The maximum absolute atomic E-state index is 10.7. The highest BCUT2D eigenvalue weighted by Gasteiger charge is 2.08. The number of aryl methyl sites for hydroxylation is 1. The minimum absolute atomic E-state index is 0.191. The lowest BCUT2D eigenvalue weighted by Crippen LogP contribution is -2.18. The van der Waals surface area contributed by atoms with Gasteiger partial charge in [0.2, 0.25) is 0 Å². The molecule has 2 aromatic rings. The molecule has 0 saturated heterocycles. The summed E-state index contributed by atoms with van der Waals surface area (Å²) in [5.74, 6) is -0.238. The van der Waals surface area contributed by atoms with E-state index >= 15 is 0 Å². The van der Waals surface area contributed by atoms with Crippen molar-refractivity contribution in [3.8, 4) is 0 Å². The molecule has 0 fully saturated rings. The Bertz CT molecular complexity index is 551. The lowest BCUT2D eigenvalue weighted by Gasteiger charge is -2.16. The number of carboxylic acids is 1. The van der Waals surface area contributed by atoms with Crippen LogP contribution in [0.2, 0.25) is 0 Å². The summed E-state index contributed by atoms with van der Waals surface area (Å²) in [5, 5.41) is 11.8. The molecule has 0 saturated carbocycles. The van der Waals surface area contributed by atoms with Gasteiger partial charge in [0.1, 0.15) is 5.82 Å². The highest BCUT2D eigenvalue weighted by atomic mass is 32.1. The van der Waals surface area contributed by atoms with Gasteiger partial charge in [-0.15, -0.1) is 11.3 Å². The number of pyridine rings is 1. The average Bonchev–Trinajstić information content (AvgIpc) is 2.75. The summed E-state index contributed by atoms with van der Waals surface area (Å²) >= 11 is 1.61. The lowest BCUT2D eigenvalue weighted by atomic mass is 10.3. The van der Waals surface area contributed by atoms with Crippen molar-refractivity contribution < 1.29 is 9.90 Å². The Morgan fingerprint density at radius 1 is 1.50 bits per heavy atom. The molecular weight excluding hydrogens is 250 g/mol. The van der Waals surface area contributed by atoms with Crippen LogP contribution in [0.3, 0.4) is 0 Å². The first-order valence-electron chi connectivity index (χ1n) is 5.38. The molecule has 0 aliphatic heterocycles. The first-order chi connectivity index (χ1) is 8.56. The van der Waals surface area contributed by atoms with Crippen LogP contribution in [0.1, 0.15) is 21.1 Å². The Labute approximate surface area is 109 Å². The van der Waals surface area contributed by atoms with Crippen molar-refractivity contribution >= 4 is 23.1 Å². The van der Waals surface area contributed by atoms with Gasteiger partial charge >= 0.3 is 5.97 Å². The lowest BCUT2D eigenvalue weighted by molar-refractivity contribution is 0.0696. The van der Waals surface area contributed by atoms with Crippen LogP contribution in [0, 0.1) is 6.92 Å². The van der Waals surface area contributed by atoms with Crippen molar-refractivity contribution in [2.75, 3.05) is 11.9 Å². The summed E-state index contributed by atoms with van der Waals surface area (Å²) in [7, 11) is 1.90. The van der Waals surface area contributed by atoms with E-state index < -0.39 is 5.97 Å². The number of hydrogen-bond donors (Lipinski definition) is 1. The van der Waals surface area contributed by atoms with E-state index in [1.807, 2.05) is 24.3 Å². The molecule has 0 amide bonds. The Kier molecular flexibility index (Phi) is 3.57. The Morgan fingerprint density at radius 2 is 2.28 bits per heavy atom. The fourth-order valence-electron chi connectivity index (χ4n) is 1.54. The van der Waals surface area contributed by atoms with E-state index in [0.717, 1.165) is 16.5 Å². The van der Waals surface area contributed by atoms with Gasteiger partial charge in [0, 0.05) is 18.6 Å². The molecule has 1 N–H and O–H groups in total. The predicted octanol–water partition coefficient (Wildman–Crippen LogP) is 2.18. The molecule has 2 rings (SSSR count). The molecule has 5 nitrogen and oxygen atoms in total. The zero-order valence-corrected chi connectivity index (χ0v) is 10.9. The van der Waals surface area contributed by atoms with Crippen molar-refractivity contribution in [3.63, 3.8) is 0 Å². The van der Waals surface area contributed by atoms with E-state index in [1.165, 1.54) is 6.20 Å². The molecule has 0 atom stereocenters. The van der Waals surface area contributed by atoms with Crippen LogP contribution in [-0.4, -0.2) is 28.1 Å². The van der Waals surface area contributed by atoms with Crippen LogP contribution in [0.5, 0.6) is 0 Å². The van der Waals surface area contributed by atoms with Gasteiger partial charge in [0.15, 0.2) is 0 Å². The Hall–Kier alpha value is -1.95. The zero-order chi connectivity index (χ0) is 13.1. The van der Waals surface area contributed by atoms with Gasteiger partial charge in [-0.25, -0.2) is 14.8 Å². The average molecular weight is 263 g/mol. The van der Waals surface area contributed by atoms with E-state index in [-0.39, 0.29) is 5.56 Å². The smallest absolute Gasteiger partial charge is 0.337 e. The summed E-state index contributed by atoms with van der Waals surface area (Å²) in [6.45, 7) is 2.62. The third kappa shape index (κ3) is 2.84. The van der Waals surface area contributed by atoms with Gasteiger partial charge in [-0.3, -0.25) is 0 Å². The number of thiazole rings is 1. The van der Waals surface area contributed by atoms with Crippen LogP contribution in [-0.2, 0) is 6.54 Å². The molecule has 6 heteroatoms. The maximum Gasteiger partial charge on any atom is 0.337 e. The molecule has 94 valence electrons.